The molecule has 0 radical (unpaired) electrons. The van der Waals surface area contributed by atoms with E-state index in [0.29, 0.717) is 6.42 Å². The minimum absolute atomic E-state index is 0.0137. The fourth-order valence-corrected chi connectivity index (χ4v) is 5.55. The maximum Gasteiger partial charge on any atom is 0.296 e. The quantitative estimate of drug-likeness (QED) is 0.629. The van der Waals surface area contributed by atoms with Crippen molar-refractivity contribution in [2.24, 2.45) is 17.3 Å². The Bertz CT molecular complexity index is 719. The number of hydrogen-bond donors (Lipinski definition) is 2. The van der Waals surface area contributed by atoms with Crippen molar-refractivity contribution in [2.45, 2.75) is 83.3 Å². The first-order chi connectivity index (χ1) is 12.8. The summed E-state index contributed by atoms with van der Waals surface area (Å²) < 4.78 is 30.1. The van der Waals surface area contributed by atoms with Crippen LogP contribution in [0, 0.1) is 24.2 Å². The van der Waals surface area contributed by atoms with Crippen LogP contribution in [0.4, 0.5) is 0 Å². The van der Waals surface area contributed by atoms with Gasteiger partial charge in [0.2, 0.25) is 0 Å². The molecule has 0 amide bonds. The highest BCUT2D eigenvalue weighted by Crippen LogP contribution is 2.48. The molecule has 28 heavy (non-hydrogen) atoms. The first kappa shape index (κ1) is 23.3. The summed E-state index contributed by atoms with van der Waals surface area (Å²) in [5.41, 5.74) is 0.252. The third kappa shape index (κ3) is 5.78. The van der Waals surface area contributed by atoms with Crippen LogP contribution in [-0.2, 0) is 14.3 Å². The van der Waals surface area contributed by atoms with Crippen molar-refractivity contribution in [3.8, 4) is 0 Å². The first-order valence-electron chi connectivity index (χ1n) is 10.2. The highest BCUT2D eigenvalue weighted by molar-refractivity contribution is 7.86. The number of rotatable bonds is 8. The van der Waals surface area contributed by atoms with Crippen LogP contribution in [0.5, 0.6) is 0 Å². The van der Waals surface area contributed by atoms with E-state index in [0.717, 1.165) is 31.2 Å². The molecule has 1 aliphatic rings. The Labute approximate surface area is 170 Å². The summed E-state index contributed by atoms with van der Waals surface area (Å²) >= 11 is 0. The maximum atomic E-state index is 12.4. The van der Waals surface area contributed by atoms with E-state index in [2.05, 4.69) is 13.8 Å². The molecule has 6 heteroatoms. The predicted molar refractivity (Wildman–Crippen MR) is 110 cm³/mol. The van der Waals surface area contributed by atoms with E-state index in [4.69, 9.17) is 4.18 Å². The van der Waals surface area contributed by atoms with Crippen molar-refractivity contribution >= 4 is 10.1 Å². The van der Waals surface area contributed by atoms with Gasteiger partial charge in [-0.3, -0.25) is 4.18 Å². The molecule has 0 bridgehead atoms. The summed E-state index contributed by atoms with van der Waals surface area (Å²) in [4.78, 5) is 0.124. The third-order valence-electron chi connectivity index (χ3n) is 6.45. The molecule has 2 unspecified atom stereocenters. The zero-order chi connectivity index (χ0) is 21.2. The number of benzene rings is 1. The van der Waals surface area contributed by atoms with Gasteiger partial charge in [-0.2, -0.15) is 8.42 Å². The molecular weight excluding hydrogens is 376 g/mol. The Hall–Kier alpha value is -0.950. The van der Waals surface area contributed by atoms with Crippen molar-refractivity contribution in [1.82, 2.24) is 0 Å². The average molecular weight is 413 g/mol. The predicted octanol–water partition coefficient (Wildman–Crippen LogP) is 4.05. The van der Waals surface area contributed by atoms with E-state index in [-0.39, 0.29) is 28.8 Å². The Morgan fingerprint density at radius 2 is 1.79 bits per heavy atom. The fraction of sp³-hybridized carbons (Fsp3) is 0.727. The van der Waals surface area contributed by atoms with Crippen LogP contribution >= 0.6 is 0 Å². The second kappa shape index (κ2) is 8.82. The normalized spacial score (nSPS) is 27.3. The topological polar surface area (TPSA) is 83.8 Å². The van der Waals surface area contributed by atoms with Gasteiger partial charge in [-0.15, -0.1) is 0 Å². The molecule has 2 N–H and O–H groups in total. The molecule has 1 aliphatic carbocycles. The van der Waals surface area contributed by atoms with Gasteiger partial charge in [-0.1, -0.05) is 38.0 Å². The molecular formula is C22H36O5S. The lowest BCUT2D eigenvalue weighted by Gasteiger charge is -2.48. The summed E-state index contributed by atoms with van der Waals surface area (Å²) in [6, 6.07) is 6.53. The summed E-state index contributed by atoms with van der Waals surface area (Å²) in [7, 11) is -3.85. The second-order valence-electron chi connectivity index (χ2n) is 9.38. The van der Waals surface area contributed by atoms with Crippen LogP contribution in [0.15, 0.2) is 29.2 Å². The van der Waals surface area contributed by atoms with Gasteiger partial charge in [-0.05, 0) is 69.9 Å². The van der Waals surface area contributed by atoms with Gasteiger partial charge in [0, 0.05) is 5.92 Å². The molecule has 1 aromatic rings. The summed E-state index contributed by atoms with van der Waals surface area (Å²) in [6.45, 7) is 9.75. The molecule has 5 nitrogen and oxygen atoms in total. The minimum Gasteiger partial charge on any atom is -0.393 e. The highest BCUT2D eigenvalue weighted by Gasteiger charge is 2.45. The van der Waals surface area contributed by atoms with Crippen LogP contribution in [-0.4, -0.2) is 36.9 Å². The largest absolute Gasteiger partial charge is 0.393 e. The van der Waals surface area contributed by atoms with Crippen molar-refractivity contribution in [2.75, 3.05) is 6.61 Å². The van der Waals surface area contributed by atoms with E-state index in [1.807, 2.05) is 13.8 Å². The van der Waals surface area contributed by atoms with E-state index < -0.39 is 21.8 Å². The number of aliphatic hydroxyl groups excluding tert-OH is 1. The van der Waals surface area contributed by atoms with Crippen LogP contribution < -0.4 is 0 Å². The zero-order valence-corrected chi connectivity index (χ0v) is 18.6. The summed E-state index contributed by atoms with van der Waals surface area (Å²) in [6.07, 6.45) is 3.48. The standard InChI is InChI=1S/C22H36O5S/c1-16-7-10-19(11-8-16)28(25,26)27-15-18(17(2)23)9-12-20-21(3,4)13-6-14-22(20,5)24/h7-8,10-11,17-18,20,23-24H,6,9,12-15H2,1-5H3/t17?,18?,20-,22-/m0/s1. The van der Waals surface area contributed by atoms with E-state index in [9.17, 15) is 18.6 Å². The number of aliphatic hydroxyl groups is 2. The average Bonchev–Trinajstić information content (AvgIpc) is 2.56. The van der Waals surface area contributed by atoms with Gasteiger partial charge < -0.3 is 10.2 Å². The molecule has 0 saturated heterocycles. The molecule has 1 fully saturated rings. The summed E-state index contributed by atoms with van der Waals surface area (Å²) in [5, 5.41) is 21.0. The monoisotopic (exact) mass is 412 g/mol. The molecule has 1 saturated carbocycles. The highest BCUT2D eigenvalue weighted by atomic mass is 32.2. The lowest BCUT2D eigenvalue weighted by Crippen LogP contribution is -2.47. The molecule has 0 aliphatic heterocycles. The summed E-state index contributed by atoms with van der Waals surface area (Å²) in [5.74, 6) is -0.211. The van der Waals surface area contributed by atoms with Crippen LogP contribution in [0.2, 0.25) is 0 Å². The smallest absolute Gasteiger partial charge is 0.296 e. The van der Waals surface area contributed by atoms with Gasteiger partial charge in [0.1, 0.15) is 0 Å². The Morgan fingerprint density at radius 3 is 2.32 bits per heavy atom. The fourth-order valence-electron chi connectivity index (χ4n) is 4.59. The van der Waals surface area contributed by atoms with E-state index in [1.54, 1.807) is 19.1 Å². The third-order valence-corrected chi connectivity index (χ3v) is 7.75. The lowest BCUT2D eigenvalue weighted by molar-refractivity contribution is -0.0960. The van der Waals surface area contributed by atoms with E-state index >= 15 is 0 Å². The van der Waals surface area contributed by atoms with Gasteiger partial charge >= 0.3 is 0 Å². The van der Waals surface area contributed by atoms with Crippen molar-refractivity contribution in [3.63, 3.8) is 0 Å². The molecule has 4 atom stereocenters. The minimum atomic E-state index is -3.85. The lowest BCUT2D eigenvalue weighted by atomic mass is 9.60. The van der Waals surface area contributed by atoms with Crippen LogP contribution in [0.25, 0.3) is 0 Å². The number of aryl methyl sites for hydroxylation is 1. The maximum absolute atomic E-state index is 12.4. The van der Waals surface area contributed by atoms with Gasteiger partial charge in [0.15, 0.2) is 0 Å². The number of hydrogen-bond acceptors (Lipinski definition) is 5. The zero-order valence-electron chi connectivity index (χ0n) is 17.8. The van der Waals surface area contributed by atoms with Crippen LogP contribution in [0.1, 0.15) is 65.4 Å². The van der Waals surface area contributed by atoms with Gasteiger partial charge in [0.25, 0.3) is 10.1 Å². The first-order valence-corrected chi connectivity index (χ1v) is 11.6. The van der Waals surface area contributed by atoms with Crippen molar-refractivity contribution in [3.05, 3.63) is 29.8 Å². The molecule has 1 aromatic carbocycles. The van der Waals surface area contributed by atoms with Crippen molar-refractivity contribution in [1.29, 1.82) is 0 Å². The SMILES string of the molecule is Cc1ccc(S(=O)(=O)OCC(CC[C@H]2C(C)(C)CCC[C@]2(C)O)C(C)O)cc1. The Morgan fingerprint density at radius 1 is 1.18 bits per heavy atom. The molecule has 2 rings (SSSR count). The Kier molecular flexibility index (Phi) is 7.35. The van der Waals surface area contributed by atoms with Gasteiger partial charge in [0.05, 0.1) is 23.2 Å². The second-order valence-corrected chi connectivity index (χ2v) is 11.0. The molecule has 0 heterocycles. The molecule has 0 spiro atoms. The van der Waals surface area contributed by atoms with Crippen LogP contribution in [0.3, 0.4) is 0 Å². The van der Waals surface area contributed by atoms with Gasteiger partial charge in [-0.25, -0.2) is 0 Å². The molecule has 160 valence electrons. The van der Waals surface area contributed by atoms with E-state index in [1.165, 1.54) is 12.1 Å². The Balaban J connectivity index is 2.02. The molecule has 0 aromatic heterocycles. The van der Waals surface area contributed by atoms with Crippen molar-refractivity contribution < 1.29 is 22.8 Å².